The fourth-order valence-corrected chi connectivity index (χ4v) is 6.49. The van der Waals surface area contributed by atoms with E-state index in [4.69, 9.17) is 4.74 Å². The molecule has 2 fully saturated rings. The van der Waals surface area contributed by atoms with Gasteiger partial charge in [-0.05, 0) is 55.4 Å². The average molecular weight is 670 g/mol. The second-order valence-electron chi connectivity index (χ2n) is 14.7. The maximum absolute atomic E-state index is 14.0. The first-order valence-corrected chi connectivity index (χ1v) is 16.6. The predicted octanol–water partition coefficient (Wildman–Crippen LogP) is 2.44. The Morgan fingerprint density at radius 3 is 2.15 bits per heavy atom. The normalized spacial score (nSPS) is 21.2. The van der Waals surface area contributed by atoms with Crippen LogP contribution in [-0.4, -0.2) is 83.5 Å². The molecule has 1 saturated carbocycles. The second-order valence-corrected chi connectivity index (χ2v) is 14.7. The van der Waals surface area contributed by atoms with Gasteiger partial charge in [0.1, 0.15) is 18.1 Å². The molecule has 1 aromatic rings. The first-order chi connectivity index (χ1) is 22.3. The lowest BCUT2D eigenvalue weighted by molar-refractivity contribution is -0.145. The monoisotopic (exact) mass is 669 g/mol. The number of fused-ring (bicyclic) bond motifs is 1. The van der Waals surface area contributed by atoms with Crippen LogP contribution < -0.4 is 21.3 Å². The Bertz CT molecular complexity index is 1400. The number of hydrogen-bond donors (Lipinski definition) is 4. The number of amides is 5. The van der Waals surface area contributed by atoms with E-state index >= 15 is 0 Å². The smallest absolute Gasteiger partial charge is 0.408 e. The summed E-state index contributed by atoms with van der Waals surface area (Å²) in [4.78, 5) is 92.9. The second kappa shape index (κ2) is 15.3. The van der Waals surface area contributed by atoms with Crippen LogP contribution in [0.4, 0.5) is 4.79 Å². The summed E-state index contributed by atoms with van der Waals surface area (Å²) in [6.07, 6.45) is -0.531. The molecule has 48 heavy (non-hydrogen) atoms. The third-order valence-electron chi connectivity index (χ3n) is 9.17. The highest BCUT2D eigenvalue weighted by Crippen LogP contribution is 2.65. The van der Waals surface area contributed by atoms with Crippen LogP contribution in [0.15, 0.2) is 30.3 Å². The number of carbonyl (C=O) groups is 7. The van der Waals surface area contributed by atoms with Crippen molar-refractivity contribution in [3.8, 4) is 0 Å². The molecule has 0 aromatic heterocycles. The molecule has 1 aromatic carbocycles. The first kappa shape index (κ1) is 38.2. The largest absolute Gasteiger partial charge is 0.447 e. The Kier molecular flexibility index (Phi) is 12.2. The summed E-state index contributed by atoms with van der Waals surface area (Å²) < 4.78 is 5.22. The van der Waals surface area contributed by atoms with Gasteiger partial charge in [0.25, 0.3) is 5.91 Å². The Morgan fingerprint density at radius 1 is 0.979 bits per heavy atom. The van der Waals surface area contributed by atoms with Crippen molar-refractivity contribution in [2.24, 2.45) is 22.7 Å². The average Bonchev–Trinajstić information content (AvgIpc) is 3.31. The highest BCUT2D eigenvalue weighted by atomic mass is 16.6. The van der Waals surface area contributed by atoms with Crippen LogP contribution in [0.2, 0.25) is 0 Å². The summed E-state index contributed by atoms with van der Waals surface area (Å²) in [5.41, 5.74) is -0.369. The summed E-state index contributed by atoms with van der Waals surface area (Å²) in [6, 6.07) is 4.59. The van der Waals surface area contributed by atoms with Gasteiger partial charge in [0.05, 0.1) is 18.7 Å². The number of carbonyl (C=O) groups excluding carboxylic acids is 7. The molecule has 264 valence electrons. The molecular weight excluding hydrogens is 618 g/mol. The number of Topliss-reactive ketones (excluding diaryl/α,β-unsaturated/α-hetero) is 2. The number of rotatable bonds is 14. The molecule has 2 aliphatic rings. The number of piperidine rings is 1. The van der Waals surface area contributed by atoms with Gasteiger partial charge in [0.2, 0.25) is 23.5 Å². The topological polar surface area (TPSA) is 180 Å². The minimum Gasteiger partial charge on any atom is -0.447 e. The van der Waals surface area contributed by atoms with E-state index in [1.54, 1.807) is 71.9 Å². The van der Waals surface area contributed by atoms with Gasteiger partial charge in [-0.15, -0.1) is 0 Å². The van der Waals surface area contributed by atoms with Gasteiger partial charge < -0.3 is 30.9 Å². The van der Waals surface area contributed by atoms with E-state index in [0.717, 1.165) is 0 Å². The number of ketones is 2. The quantitative estimate of drug-likeness (QED) is 0.218. The highest BCUT2D eigenvalue weighted by molar-refractivity contribution is 6.38. The third-order valence-corrected chi connectivity index (χ3v) is 9.17. The molecule has 13 heteroatoms. The van der Waals surface area contributed by atoms with Crippen LogP contribution in [0.25, 0.3) is 0 Å². The van der Waals surface area contributed by atoms with Crippen LogP contribution in [0.1, 0.15) is 86.8 Å². The van der Waals surface area contributed by atoms with Crippen molar-refractivity contribution in [1.82, 2.24) is 26.2 Å². The van der Waals surface area contributed by atoms with Crippen LogP contribution >= 0.6 is 0 Å². The minimum atomic E-state index is -1.20. The van der Waals surface area contributed by atoms with Crippen molar-refractivity contribution in [2.75, 3.05) is 13.1 Å². The highest BCUT2D eigenvalue weighted by Gasteiger charge is 2.70. The molecule has 6 atom stereocenters. The fraction of sp³-hybridized carbons (Fsp3) is 0.629. The lowest BCUT2D eigenvalue weighted by Crippen LogP contribution is -2.60. The Labute approximate surface area is 282 Å². The van der Waals surface area contributed by atoms with E-state index < -0.39 is 77.7 Å². The number of nitrogens with zero attached hydrogens (tertiary/aromatic N) is 1. The van der Waals surface area contributed by atoms with E-state index in [2.05, 4.69) is 21.3 Å². The van der Waals surface area contributed by atoms with Crippen molar-refractivity contribution < 1.29 is 38.3 Å². The summed E-state index contributed by atoms with van der Waals surface area (Å²) in [5, 5.41) is 10.3. The zero-order valence-electron chi connectivity index (χ0n) is 29.5. The molecular formula is C35H51N5O8. The summed E-state index contributed by atoms with van der Waals surface area (Å²) >= 11 is 0. The maximum Gasteiger partial charge on any atom is 0.408 e. The van der Waals surface area contributed by atoms with Gasteiger partial charge in [0, 0.05) is 6.54 Å². The fourth-order valence-electron chi connectivity index (χ4n) is 6.49. The molecule has 1 saturated heterocycles. The summed E-state index contributed by atoms with van der Waals surface area (Å²) in [5.74, 6) is -4.11. The zero-order chi connectivity index (χ0) is 36.1. The molecule has 0 radical (unpaired) electrons. The Morgan fingerprint density at radius 2 is 1.60 bits per heavy atom. The van der Waals surface area contributed by atoms with Crippen molar-refractivity contribution in [1.29, 1.82) is 0 Å². The molecule has 4 N–H and O–H groups in total. The van der Waals surface area contributed by atoms with Crippen LogP contribution in [0, 0.1) is 22.7 Å². The van der Waals surface area contributed by atoms with Crippen molar-refractivity contribution in [3.05, 3.63) is 35.9 Å². The lowest BCUT2D eigenvalue weighted by atomic mass is 9.85. The molecule has 1 unspecified atom stereocenters. The SMILES string of the molecule is CCCC(NC(=O)[C@@H]1[C@@H]2[C@H](CN1C(=O)[C@@H](NC(=O)OC(C)C)C(C)(C)C)C2(C)C)C(=O)C(=O)NCC(=O)N[C@H](C(C)=O)c1ccccc1. The van der Waals surface area contributed by atoms with E-state index in [0.29, 0.717) is 18.5 Å². The lowest BCUT2D eigenvalue weighted by Gasteiger charge is -2.37. The zero-order valence-corrected chi connectivity index (χ0v) is 29.5. The van der Waals surface area contributed by atoms with Gasteiger partial charge >= 0.3 is 6.09 Å². The minimum absolute atomic E-state index is 0.0392. The van der Waals surface area contributed by atoms with E-state index in [1.165, 1.54) is 11.8 Å². The number of likely N-dealkylation sites (tertiary alicyclic amines) is 1. The first-order valence-electron chi connectivity index (χ1n) is 16.6. The third kappa shape index (κ3) is 8.99. The van der Waals surface area contributed by atoms with Gasteiger partial charge in [-0.3, -0.25) is 28.8 Å². The summed E-state index contributed by atoms with van der Waals surface area (Å²) in [6.45, 7) is 15.7. The van der Waals surface area contributed by atoms with E-state index in [-0.39, 0.29) is 29.5 Å². The molecule has 1 aliphatic carbocycles. The number of alkyl carbamates (subject to hydrolysis) is 1. The van der Waals surface area contributed by atoms with Crippen molar-refractivity contribution >= 4 is 41.3 Å². The number of ether oxygens (including phenoxy) is 1. The molecule has 0 bridgehead atoms. The van der Waals surface area contributed by atoms with Crippen molar-refractivity contribution in [2.45, 2.75) is 105 Å². The van der Waals surface area contributed by atoms with Crippen LogP contribution in [0.3, 0.4) is 0 Å². The van der Waals surface area contributed by atoms with Crippen LogP contribution in [-0.2, 0) is 33.5 Å². The molecule has 0 spiro atoms. The number of hydrogen-bond acceptors (Lipinski definition) is 8. The molecule has 5 amide bonds. The van der Waals surface area contributed by atoms with E-state index in [1.807, 2.05) is 13.8 Å². The molecule has 1 heterocycles. The summed E-state index contributed by atoms with van der Waals surface area (Å²) in [7, 11) is 0. The molecule has 1 aliphatic heterocycles. The molecule has 3 rings (SSSR count). The van der Waals surface area contributed by atoms with Gasteiger partial charge in [-0.2, -0.15) is 0 Å². The number of benzene rings is 1. The van der Waals surface area contributed by atoms with Gasteiger partial charge in [-0.1, -0.05) is 78.3 Å². The number of nitrogens with one attached hydrogen (secondary N) is 4. The van der Waals surface area contributed by atoms with Crippen LogP contribution in [0.5, 0.6) is 0 Å². The standard InChI is InChI=1S/C35H51N5O8/c1-10-14-23(28(43)31(45)36-17-24(42)38-26(20(4)41)21-15-12-11-13-16-21)37-30(44)27-25-22(35(25,8)9)18-40(27)32(46)29(34(5,6)7)39-33(47)48-19(2)3/h11-13,15-16,19,22-23,25-27,29H,10,14,17-18H2,1-9H3,(H,36,45)(H,37,44)(H,38,42)(H,39,47)/t22-,23?,25-,26+,27-,29+/m0/s1. The van der Waals surface area contributed by atoms with E-state index in [9.17, 15) is 33.6 Å². The van der Waals surface area contributed by atoms with Gasteiger partial charge in [-0.25, -0.2) is 4.79 Å². The predicted molar refractivity (Wildman–Crippen MR) is 177 cm³/mol. The molecule has 13 nitrogen and oxygen atoms in total. The van der Waals surface area contributed by atoms with Crippen molar-refractivity contribution in [3.63, 3.8) is 0 Å². The Balaban J connectivity index is 1.72. The Hall–Kier alpha value is -4.29. The maximum atomic E-state index is 14.0. The van der Waals surface area contributed by atoms with Gasteiger partial charge in [0.15, 0.2) is 5.78 Å².